The van der Waals surface area contributed by atoms with Crippen LogP contribution in [0, 0.1) is 5.41 Å². The SMILES string of the molecule is CN(C)C=N.O=C(O)c1ccncc1. The molecule has 0 amide bonds. The lowest BCUT2D eigenvalue weighted by Crippen LogP contribution is -2.05. The molecule has 0 fully saturated rings. The summed E-state index contributed by atoms with van der Waals surface area (Å²) < 4.78 is 0. The van der Waals surface area contributed by atoms with Gasteiger partial charge in [-0.05, 0) is 12.1 Å². The van der Waals surface area contributed by atoms with Gasteiger partial charge >= 0.3 is 5.97 Å². The van der Waals surface area contributed by atoms with Crippen molar-refractivity contribution in [3.8, 4) is 0 Å². The molecule has 0 saturated carbocycles. The quantitative estimate of drug-likeness (QED) is 0.543. The average molecular weight is 195 g/mol. The number of aromatic nitrogens is 1. The molecule has 76 valence electrons. The minimum absolute atomic E-state index is 0.269. The van der Waals surface area contributed by atoms with Crippen LogP contribution in [0.25, 0.3) is 0 Å². The summed E-state index contributed by atoms with van der Waals surface area (Å²) in [5, 5.41) is 14.8. The van der Waals surface area contributed by atoms with E-state index in [4.69, 9.17) is 10.5 Å². The van der Waals surface area contributed by atoms with Gasteiger partial charge < -0.3 is 10.0 Å². The third-order valence-electron chi connectivity index (χ3n) is 1.19. The Bertz CT molecular complexity index is 285. The Balaban J connectivity index is 0.000000292. The second kappa shape index (κ2) is 6.59. The van der Waals surface area contributed by atoms with E-state index in [1.54, 1.807) is 4.90 Å². The van der Waals surface area contributed by atoms with Gasteiger partial charge in [-0.1, -0.05) is 0 Å². The molecule has 0 spiro atoms. The number of carboxylic acid groups (broad SMARTS) is 1. The van der Waals surface area contributed by atoms with Crippen molar-refractivity contribution in [3.05, 3.63) is 30.1 Å². The summed E-state index contributed by atoms with van der Waals surface area (Å²) >= 11 is 0. The van der Waals surface area contributed by atoms with Crippen LogP contribution in [0.3, 0.4) is 0 Å². The highest BCUT2D eigenvalue weighted by molar-refractivity contribution is 5.87. The number of aromatic carboxylic acids is 1. The molecule has 2 N–H and O–H groups in total. The van der Waals surface area contributed by atoms with Crippen molar-refractivity contribution in [1.82, 2.24) is 9.88 Å². The van der Waals surface area contributed by atoms with Crippen molar-refractivity contribution >= 4 is 12.3 Å². The Morgan fingerprint density at radius 3 is 2.14 bits per heavy atom. The molecule has 1 aromatic rings. The monoisotopic (exact) mass is 195 g/mol. The second-order valence-electron chi connectivity index (χ2n) is 2.63. The first-order chi connectivity index (χ1) is 6.57. The molecular weight excluding hydrogens is 182 g/mol. The predicted molar refractivity (Wildman–Crippen MR) is 53.7 cm³/mol. The maximum Gasteiger partial charge on any atom is 0.335 e. The number of hydrogen-bond donors (Lipinski definition) is 2. The van der Waals surface area contributed by atoms with Crippen LogP contribution in [-0.2, 0) is 0 Å². The summed E-state index contributed by atoms with van der Waals surface area (Å²) in [6.45, 7) is 0. The molecule has 0 aromatic carbocycles. The molecule has 0 atom stereocenters. The molecule has 0 aliphatic rings. The van der Waals surface area contributed by atoms with Crippen molar-refractivity contribution in [2.45, 2.75) is 0 Å². The minimum atomic E-state index is -0.919. The Hall–Kier alpha value is -1.91. The lowest BCUT2D eigenvalue weighted by molar-refractivity contribution is 0.0697. The van der Waals surface area contributed by atoms with E-state index in [-0.39, 0.29) is 5.56 Å². The van der Waals surface area contributed by atoms with E-state index in [0.717, 1.165) is 0 Å². The van der Waals surface area contributed by atoms with Gasteiger partial charge in [0.2, 0.25) is 0 Å². The molecular formula is C9H13N3O2. The normalized spacial score (nSPS) is 8.14. The molecule has 5 nitrogen and oxygen atoms in total. The first-order valence-corrected chi connectivity index (χ1v) is 3.88. The van der Waals surface area contributed by atoms with Crippen molar-refractivity contribution in [2.24, 2.45) is 0 Å². The lowest BCUT2D eigenvalue weighted by Gasteiger charge is -1.96. The number of carbonyl (C=O) groups is 1. The van der Waals surface area contributed by atoms with Gasteiger partial charge in [0.25, 0.3) is 0 Å². The number of pyridine rings is 1. The minimum Gasteiger partial charge on any atom is -0.478 e. The van der Waals surface area contributed by atoms with Crippen LogP contribution in [0.4, 0.5) is 0 Å². The first kappa shape index (κ1) is 12.1. The van der Waals surface area contributed by atoms with E-state index in [9.17, 15) is 4.79 Å². The van der Waals surface area contributed by atoms with Crippen molar-refractivity contribution in [2.75, 3.05) is 14.1 Å². The summed E-state index contributed by atoms with van der Waals surface area (Å²) in [7, 11) is 3.62. The third-order valence-corrected chi connectivity index (χ3v) is 1.19. The van der Waals surface area contributed by atoms with Crippen LogP contribution in [0.1, 0.15) is 10.4 Å². The van der Waals surface area contributed by atoms with Crippen LogP contribution in [0.5, 0.6) is 0 Å². The highest BCUT2D eigenvalue weighted by Crippen LogP contribution is 1.93. The summed E-state index contributed by atoms with van der Waals surface area (Å²) in [4.78, 5) is 15.5. The van der Waals surface area contributed by atoms with Crippen LogP contribution in [0.2, 0.25) is 0 Å². The predicted octanol–water partition coefficient (Wildman–Crippen LogP) is 0.935. The standard InChI is InChI=1S/C6H5NO2.C3H8N2/c8-6(9)5-1-3-7-4-2-5;1-5(2)3-4/h1-4H,(H,8,9);3-4H,1-2H3. The molecule has 0 bridgehead atoms. The van der Waals surface area contributed by atoms with Gasteiger partial charge in [-0.2, -0.15) is 0 Å². The maximum absolute atomic E-state index is 10.2. The Kier molecular flexibility index (Phi) is 5.69. The van der Waals surface area contributed by atoms with Crippen molar-refractivity contribution in [3.63, 3.8) is 0 Å². The highest BCUT2D eigenvalue weighted by atomic mass is 16.4. The lowest BCUT2D eigenvalue weighted by atomic mass is 10.3. The first-order valence-electron chi connectivity index (χ1n) is 3.88. The topological polar surface area (TPSA) is 77.3 Å². The zero-order valence-electron chi connectivity index (χ0n) is 8.14. The van der Waals surface area contributed by atoms with Gasteiger partial charge in [0.15, 0.2) is 0 Å². The molecule has 1 heterocycles. The average Bonchev–Trinajstić information content (AvgIpc) is 2.20. The van der Waals surface area contributed by atoms with Gasteiger partial charge in [0, 0.05) is 26.5 Å². The van der Waals surface area contributed by atoms with Crippen molar-refractivity contribution < 1.29 is 9.90 Å². The Morgan fingerprint density at radius 2 is 1.93 bits per heavy atom. The molecule has 0 unspecified atom stereocenters. The van der Waals surface area contributed by atoms with Crippen LogP contribution in [0.15, 0.2) is 24.5 Å². The molecule has 0 aliphatic carbocycles. The van der Waals surface area contributed by atoms with Gasteiger partial charge in [0.05, 0.1) is 11.9 Å². The van der Waals surface area contributed by atoms with Crippen LogP contribution >= 0.6 is 0 Å². The molecule has 0 saturated heterocycles. The zero-order chi connectivity index (χ0) is 11.0. The smallest absolute Gasteiger partial charge is 0.335 e. The summed E-state index contributed by atoms with van der Waals surface area (Å²) in [6.07, 6.45) is 4.15. The molecule has 5 heteroatoms. The summed E-state index contributed by atoms with van der Waals surface area (Å²) in [5.41, 5.74) is 0.269. The highest BCUT2D eigenvalue weighted by Gasteiger charge is 1.97. The molecule has 0 aliphatic heterocycles. The Morgan fingerprint density at radius 1 is 1.50 bits per heavy atom. The fourth-order valence-electron chi connectivity index (χ4n) is 0.494. The summed E-state index contributed by atoms with van der Waals surface area (Å²) in [6, 6.07) is 2.89. The largest absolute Gasteiger partial charge is 0.478 e. The van der Waals surface area contributed by atoms with Gasteiger partial charge in [0.1, 0.15) is 0 Å². The molecule has 1 rings (SSSR count). The molecule has 0 radical (unpaired) electrons. The van der Waals surface area contributed by atoms with Gasteiger partial charge in [-0.15, -0.1) is 0 Å². The summed E-state index contributed by atoms with van der Waals surface area (Å²) in [5.74, 6) is -0.919. The molecule has 14 heavy (non-hydrogen) atoms. The van der Waals surface area contributed by atoms with Gasteiger partial charge in [-0.3, -0.25) is 10.4 Å². The number of nitrogens with one attached hydrogen (secondary N) is 1. The zero-order valence-corrected chi connectivity index (χ0v) is 8.14. The number of nitrogens with zero attached hydrogens (tertiary/aromatic N) is 2. The molecule has 1 aromatic heterocycles. The van der Waals surface area contributed by atoms with E-state index in [1.165, 1.54) is 30.9 Å². The third kappa shape index (κ3) is 5.70. The fourth-order valence-corrected chi connectivity index (χ4v) is 0.494. The fraction of sp³-hybridized carbons (Fsp3) is 0.222. The van der Waals surface area contributed by atoms with Crippen LogP contribution < -0.4 is 0 Å². The van der Waals surface area contributed by atoms with E-state index < -0.39 is 5.97 Å². The van der Waals surface area contributed by atoms with Gasteiger partial charge in [-0.25, -0.2) is 4.79 Å². The van der Waals surface area contributed by atoms with E-state index in [0.29, 0.717) is 0 Å². The number of carboxylic acids is 1. The van der Waals surface area contributed by atoms with E-state index in [1.807, 2.05) is 14.1 Å². The van der Waals surface area contributed by atoms with Crippen LogP contribution in [-0.4, -0.2) is 41.4 Å². The number of hydrogen-bond acceptors (Lipinski definition) is 3. The van der Waals surface area contributed by atoms with E-state index >= 15 is 0 Å². The van der Waals surface area contributed by atoms with E-state index in [2.05, 4.69) is 4.98 Å². The van der Waals surface area contributed by atoms with Crippen molar-refractivity contribution in [1.29, 1.82) is 5.41 Å². The maximum atomic E-state index is 10.2. The second-order valence-corrected chi connectivity index (χ2v) is 2.63. The number of rotatable bonds is 2. The Labute approximate surface area is 82.5 Å².